The van der Waals surface area contributed by atoms with Crippen molar-refractivity contribution in [3.63, 3.8) is 0 Å². The summed E-state index contributed by atoms with van der Waals surface area (Å²) in [6, 6.07) is 3.34. The van der Waals surface area contributed by atoms with Crippen molar-refractivity contribution >= 4 is 5.70 Å². The summed E-state index contributed by atoms with van der Waals surface area (Å²) in [4.78, 5) is 11.9. The Morgan fingerprint density at radius 3 is 2.89 bits per heavy atom. The van der Waals surface area contributed by atoms with Gasteiger partial charge < -0.3 is 0 Å². The second-order valence-corrected chi connectivity index (χ2v) is 4.04. The molecule has 2 aromatic rings. The van der Waals surface area contributed by atoms with Crippen LogP contribution in [0.5, 0.6) is 0 Å². The predicted molar refractivity (Wildman–Crippen MR) is 77.6 cm³/mol. The topological polar surface area (TPSA) is 50.7 Å². The molecule has 0 atom stereocenters. The second kappa shape index (κ2) is 5.82. The van der Waals surface area contributed by atoms with Gasteiger partial charge in [-0.05, 0) is 19.1 Å². The first-order valence-electron chi connectivity index (χ1n) is 5.90. The normalized spacial score (nSPS) is 11.9. The molecule has 0 aliphatic carbocycles. The Morgan fingerprint density at radius 2 is 2.21 bits per heavy atom. The van der Waals surface area contributed by atoms with E-state index in [0.29, 0.717) is 0 Å². The average Bonchev–Trinajstić information content (AvgIpc) is 2.93. The fourth-order valence-corrected chi connectivity index (χ4v) is 1.70. The molecule has 0 unspecified atom stereocenters. The van der Waals surface area contributed by atoms with Crippen LogP contribution in [0, 0.1) is 0 Å². The Hall–Kier alpha value is -2.62. The van der Waals surface area contributed by atoms with Crippen molar-refractivity contribution in [2.75, 3.05) is 0 Å². The molecular formula is C15H15N3O. The van der Waals surface area contributed by atoms with Gasteiger partial charge in [-0.3, -0.25) is 14.5 Å². The first-order valence-corrected chi connectivity index (χ1v) is 5.90. The van der Waals surface area contributed by atoms with E-state index >= 15 is 0 Å². The van der Waals surface area contributed by atoms with Gasteiger partial charge in [-0.25, -0.2) is 0 Å². The predicted octanol–water partition coefficient (Wildman–Crippen LogP) is 2.84. The van der Waals surface area contributed by atoms with Crippen LogP contribution in [-0.4, -0.2) is 14.8 Å². The van der Waals surface area contributed by atoms with Crippen LogP contribution in [0.4, 0.5) is 0 Å². The molecule has 2 rings (SSSR count). The van der Waals surface area contributed by atoms with Crippen LogP contribution in [0.1, 0.15) is 6.92 Å². The zero-order valence-corrected chi connectivity index (χ0v) is 10.7. The quantitative estimate of drug-likeness (QED) is 0.852. The van der Waals surface area contributed by atoms with Gasteiger partial charge in [-0.15, -0.1) is 0 Å². The molecular weight excluding hydrogens is 238 g/mol. The van der Waals surface area contributed by atoms with E-state index in [0.717, 1.165) is 16.8 Å². The maximum atomic E-state index is 11.9. The summed E-state index contributed by atoms with van der Waals surface area (Å²) >= 11 is 0. The molecule has 4 nitrogen and oxygen atoms in total. The molecule has 2 aromatic heterocycles. The Kier molecular flexibility index (Phi) is 3.93. The van der Waals surface area contributed by atoms with Crippen molar-refractivity contribution in [1.82, 2.24) is 14.8 Å². The SMILES string of the molecule is C=C/C=C\C=C(/C)n1cc(-c2cn[nH]c2)ccc1=O. The molecule has 0 aliphatic heterocycles. The minimum absolute atomic E-state index is 0.0620. The molecule has 0 saturated heterocycles. The Bertz CT molecular complexity index is 676. The molecule has 0 aromatic carbocycles. The Morgan fingerprint density at radius 1 is 1.37 bits per heavy atom. The highest BCUT2D eigenvalue weighted by atomic mass is 16.1. The van der Waals surface area contributed by atoms with Gasteiger partial charge in [0.05, 0.1) is 6.20 Å². The number of rotatable bonds is 4. The highest BCUT2D eigenvalue weighted by Gasteiger charge is 2.03. The van der Waals surface area contributed by atoms with Gasteiger partial charge in [0, 0.05) is 35.3 Å². The minimum Gasteiger partial charge on any atom is -0.288 e. The minimum atomic E-state index is -0.0620. The highest BCUT2D eigenvalue weighted by molar-refractivity contribution is 5.62. The van der Waals surface area contributed by atoms with Crippen LogP contribution in [-0.2, 0) is 0 Å². The number of H-pyrrole nitrogens is 1. The number of nitrogens with one attached hydrogen (secondary N) is 1. The van der Waals surface area contributed by atoms with E-state index < -0.39 is 0 Å². The number of pyridine rings is 1. The van der Waals surface area contributed by atoms with Gasteiger partial charge in [0.25, 0.3) is 5.56 Å². The van der Waals surface area contributed by atoms with Gasteiger partial charge in [0.2, 0.25) is 0 Å². The number of hydrogen-bond acceptors (Lipinski definition) is 2. The van der Waals surface area contributed by atoms with Crippen molar-refractivity contribution in [3.8, 4) is 11.1 Å². The third-order valence-corrected chi connectivity index (χ3v) is 2.71. The van der Waals surface area contributed by atoms with Crippen LogP contribution in [0.2, 0.25) is 0 Å². The number of aromatic nitrogens is 3. The van der Waals surface area contributed by atoms with Crippen LogP contribution >= 0.6 is 0 Å². The number of aromatic amines is 1. The lowest BCUT2D eigenvalue weighted by Crippen LogP contribution is -2.16. The fourth-order valence-electron chi connectivity index (χ4n) is 1.70. The van der Waals surface area contributed by atoms with Gasteiger partial charge in [-0.2, -0.15) is 5.10 Å². The van der Waals surface area contributed by atoms with Crippen molar-refractivity contribution in [2.45, 2.75) is 6.92 Å². The van der Waals surface area contributed by atoms with E-state index in [9.17, 15) is 4.79 Å². The third kappa shape index (κ3) is 2.98. The maximum absolute atomic E-state index is 11.9. The standard InChI is InChI=1S/C15H15N3O/c1-3-4-5-6-12(2)18-11-13(7-8-15(18)19)14-9-16-17-10-14/h3-11H,1H2,2H3,(H,16,17)/b5-4-,12-6+. The van der Waals surface area contributed by atoms with Crippen molar-refractivity contribution < 1.29 is 0 Å². The first-order chi connectivity index (χ1) is 9.22. The third-order valence-electron chi connectivity index (χ3n) is 2.71. The summed E-state index contributed by atoms with van der Waals surface area (Å²) < 4.78 is 1.61. The zero-order chi connectivity index (χ0) is 13.7. The molecule has 2 heterocycles. The molecule has 19 heavy (non-hydrogen) atoms. The van der Waals surface area contributed by atoms with Crippen LogP contribution in [0.3, 0.4) is 0 Å². The maximum Gasteiger partial charge on any atom is 0.254 e. The number of nitrogens with zero attached hydrogens (tertiary/aromatic N) is 2. The smallest absolute Gasteiger partial charge is 0.254 e. The monoisotopic (exact) mass is 253 g/mol. The molecule has 0 fully saturated rings. The molecule has 0 aliphatic rings. The van der Waals surface area contributed by atoms with E-state index in [4.69, 9.17) is 0 Å². The van der Waals surface area contributed by atoms with E-state index in [2.05, 4.69) is 16.8 Å². The Balaban J connectivity index is 2.43. The Labute approximate surface area is 111 Å². The lowest BCUT2D eigenvalue weighted by atomic mass is 10.1. The van der Waals surface area contributed by atoms with E-state index in [1.165, 1.54) is 0 Å². The number of hydrogen-bond donors (Lipinski definition) is 1. The van der Waals surface area contributed by atoms with Crippen molar-refractivity contribution in [3.05, 3.63) is 72.0 Å². The zero-order valence-electron chi connectivity index (χ0n) is 10.7. The first kappa shape index (κ1) is 12.8. The molecule has 0 spiro atoms. The van der Waals surface area contributed by atoms with E-state index in [-0.39, 0.29) is 5.56 Å². The van der Waals surface area contributed by atoms with Crippen molar-refractivity contribution in [1.29, 1.82) is 0 Å². The lowest BCUT2D eigenvalue weighted by molar-refractivity contribution is 1.01. The lowest BCUT2D eigenvalue weighted by Gasteiger charge is -2.07. The summed E-state index contributed by atoms with van der Waals surface area (Å²) in [6.07, 6.45) is 12.5. The molecule has 0 saturated carbocycles. The van der Waals surface area contributed by atoms with Crippen LogP contribution in [0.15, 0.2) is 66.4 Å². The van der Waals surface area contributed by atoms with Gasteiger partial charge in [0.1, 0.15) is 0 Å². The van der Waals surface area contributed by atoms with E-state index in [1.54, 1.807) is 41.4 Å². The molecule has 0 bridgehead atoms. The van der Waals surface area contributed by atoms with E-state index in [1.807, 2.05) is 25.2 Å². The molecule has 96 valence electrons. The summed E-state index contributed by atoms with van der Waals surface area (Å²) in [6.45, 7) is 5.48. The summed E-state index contributed by atoms with van der Waals surface area (Å²) in [5.41, 5.74) is 2.67. The summed E-state index contributed by atoms with van der Waals surface area (Å²) in [7, 11) is 0. The van der Waals surface area contributed by atoms with Gasteiger partial charge in [-0.1, -0.05) is 24.8 Å². The average molecular weight is 253 g/mol. The molecule has 0 radical (unpaired) electrons. The molecule has 0 amide bonds. The highest BCUT2D eigenvalue weighted by Crippen LogP contribution is 2.16. The molecule has 1 N–H and O–H groups in total. The largest absolute Gasteiger partial charge is 0.288 e. The van der Waals surface area contributed by atoms with Crippen LogP contribution in [0.25, 0.3) is 16.8 Å². The summed E-state index contributed by atoms with van der Waals surface area (Å²) in [5.74, 6) is 0. The van der Waals surface area contributed by atoms with Gasteiger partial charge >= 0.3 is 0 Å². The van der Waals surface area contributed by atoms with Crippen LogP contribution < -0.4 is 5.56 Å². The second-order valence-electron chi connectivity index (χ2n) is 4.04. The number of allylic oxidation sites excluding steroid dienone is 5. The van der Waals surface area contributed by atoms with Gasteiger partial charge in [0.15, 0.2) is 0 Å². The fraction of sp³-hybridized carbons (Fsp3) is 0.0667. The summed E-state index contributed by atoms with van der Waals surface area (Å²) in [5, 5.41) is 6.67. The molecule has 4 heteroatoms. The van der Waals surface area contributed by atoms with Crippen molar-refractivity contribution in [2.24, 2.45) is 0 Å².